The van der Waals surface area contributed by atoms with Gasteiger partial charge in [0.15, 0.2) is 0 Å². The number of ether oxygens (including phenoxy) is 1. The standard InChI is InChI=1S/C4H10O4S/c1-2-7-3-4-8-9(5)6/h2-4H2,1H3,(H,5,6)/p-1. The Kier molecular flexibility index (Phi) is 6.18. The van der Waals surface area contributed by atoms with Crippen molar-refractivity contribution >= 4 is 11.4 Å². The smallest absolute Gasteiger partial charge is 0.0862 e. The molecule has 0 rings (SSSR count). The molecule has 0 heterocycles. The molecule has 0 aromatic carbocycles. The van der Waals surface area contributed by atoms with E-state index in [-0.39, 0.29) is 6.61 Å². The van der Waals surface area contributed by atoms with Crippen LogP contribution in [0.3, 0.4) is 0 Å². The van der Waals surface area contributed by atoms with Crippen molar-refractivity contribution in [2.75, 3.05) is 19.8 Å². The zero-order valence-corrected chi connectivity index (χ0v) is 5.98. The van der Waals surface area contributed by atoms with Crippen LogP contribution in [0.25, 0.3) is 0 Å². The summed E-state index contributed by atoms with van der Waals surface area (Å²) >= 11 is -2.40. The van der Waals surface area contributed by atoms with Crippen LogP contribution in [-0.2, 0) is 20.3 Å². The molecule has 0 aliphatic heterocycles. The Bertz CT molecular complexity index is 84.6. The molecule has 1 atom stereocenters. The van der Waals surface area contributed by atoms with E-state index < -0.39 is 11.4 Å². The maximum Gasteiger partial charge on any atom is 0.0862 e. The minimum atomic E-state index is -2.40. The zero-order chi connectivity index (χ0) is 7.11. The van der Waals surface area contributed by atoms with Crippen LogP contribution in [0.1, 0.15) is 6.92 Å². The normalized spacial score (nSPS) is 13.6. The van der Waals surface area contributed by atoms with Gasteiger partial charge >= 0.3 is 0 Å². The fourth-order valence-corrected chi connectivity index (χ4v) is 0.509. The second-order valence-electron chi connectivity index (χ2n) is 1.22. The minimum absolute atomic E-state index is 0.101. The summed E-state index contributed by atoms with van der Waals surface area (Å²) in [7, 11) is 0. The van der Waals surface area contributed by atoms with Crippen LogP contribution in [0, 0.1) is 0 Å². The fraction of sp³-hybridized carbons (Fsp3) is 1.00. The lowest BCUT2D eigenvalue weighted by molar-refractivity contribution is 0.111. The second-order valence-corrected chi connectivity index (χ2v) is 1.87. The molecule has 0 spiro atoms. The summed E-state index contributed by atoms with van der Waals surface area (Å²) in [5.74, 6) is 0. The molecule has 4 nitrogen and oxygen atoms in total. The van der Waals surface area contributed by atoms with Gasteiger partial charge in [-0.2, -0.15) is 0 Å². The molecular weight excluding hydrogens is 144 g/mol. The minimum Gasteiger partial charge on any atom is -0.750 e. The summed E-state index contributed by atoms with van der Waals surface area (Å²) in [5, 5.41) is 0. The summed E-state index contributed by atoms with van der Waals surface area (Å²) in [5.41, 5.74) is 0. The molecule has 56 valence electrons. The van der Waals surface area contributed by atoms with Crippen molar-refractivity contribution in [1.82, 2.24) is 0 Å². The molecule has 0 aliphatic carbocycles. The van der Waals surface area contributed by atoms with Crippen molar-refractivity contribution < 1.29 is 17.7 Å². The molecule has 0 aliphatic rings. The molecule has 0 saturated heterocycles. The van der Waals surface area contributed by atoms with Gasteiger partial charge in [-0.05, 0) is 6.92 Å². The van der Waals surface area contributed by atoms with E-state index in [1.807, 2.05) is 6.92 Å². The maximum atomic E-state index is 9.68. The van der Waals surface area contributed by atoms with E-state index in [9.17, 15) is 8.76 Å². The lowest BCUT2D eigenvalue weighted by atomic mass is 10.8. The molecule has 0 N–H and O–H groups in total. The van der Waals surface area contributed by atoms with Gasteiger partial charge in [0.25, 0.3) is 0 Å². The van der Waals surface area contributed by atoms with Crippen molar-refractivity contribution in [1.29, 1.82) is 0 Å². The molecule has 0 fully saturated rings. The van der Waals surface area contributed by atoms with Gasteiger partial charge in [-0.15, -0.1) is 0 Å². The van der Waals surface area contributed by atoms with Crippen LogP contribution >= 0.6 is 0 Å². The first-order chi connectivity index (χ1) is 4.27. The zero-order valence-electron chi connectivity index (χ0n) is 5.16. The third-order valence-electron chi connectivity index (χ3n) is 0.611. The lowest BCUT2D eigenvalue weighted by Crippen LogP contribution is -2.05. The molecule has 0 amide bonds. The van der Waals surface area contributed by atoms with Gasteiger partial charge in [0.05, 0.1) is 24.6 Å². The van der Waals surface area contributed by atoms with E-state index in [2.05, 4.69) is 4.18 Å². The highest BCUT2D eigenvalue weighted by Gasteiger charge is 1.84. The molecule has 0 saturated carbocycles. The Morgan fingerprint density at radius 2 is 2.22 bits per heavy atom. The van der Waals surface area contributed by atoms with Crippen molar-refractivity contribution in [3.05, 3.63) is 0 Å². The Morgan fingerprint density at radius 1 is 1.56 bits per heavy atom. The van der Waals surface area contributed by atoms with E-state index >= 15 is 0 Å². The molecule has 0 bridgehead atoms. The summed E-state index contributed by atoms with van der Waals surface area (Å²) in [6.45, 7) is 2.83. The van der Waals surface area contributed by atoms with E-state index in [0.29, 0.717) is 13.2 Å². The summed E-state index contributed by atoms with van der Waals surface area (Å²) in [6, 6.07) is 0. The molecule has 5 heteroatoms. The highest BCUT2D eigenvalue weighted by Crippen LogP contribution is 1.79. The van der Waals surface area contributed by atoms with E-state index in [4.69, 9.17) is 4.74 Å². The Balaban J connectivity index is 2.83. The Labute approximate surface area is 56.6 Å². The first kappa shape index (κ1) is 9.03. The number of hydrogen-bond donors (Lipinski definition) is 0. The SMILES string of the molecule is CCOCCOS(=O)[O-]. The first-order valence-electron chi connectivity index (χ1n) is 2.57. The Hall–Kier alpha value is 0.0300. The van der Waals surface area contributed by atoms with Crippen molar-refractivity contribution in [3.63, 3.8) is 0 Å². The van der Waals surface area contributed by atoms with Crippen molar-refractivity contribution in [3.8, 4) is 0 Å². The maximum absolute atomic E-state index is 9.68. The van der Waals surface area contributed by atoms with Crippen LogP contribution < -0.4 is 0 Å². The quantitative estimate of drug-likeness (QED) is 0.406. The third-order valence-corrected chi connectivity index (χ3v) is 0.970. The molecular formula is C4H9O4S-. The van der Waals surface area contributed by atoms with Gasteiger partial charge in [-0.3, -0.25) is 4.18 Å². The van der Waals surface area contributed by atoms with Gasteiger partial charge in [0.1, 0.15) is 0 Å². The van der Waals surface area contributed by atoms with Crippen LogP contribution in [0.4, 0.5) is 0 Å². The van der Waals surface area contributed by atoms with Crippen LogP contribution in [-0.4, -0.2) is 28.6 Å². The average molecular weight is 153 g/mol. The van der Waals surface area contributed by atoms with Crippen molar-refractivity contribution in [2.45, 2.75) is 6.92 Å². The predicted molar refractivity (Wildman–Crippen MR) is 31.4 cm³/mol. The van der Waals surface area contributed by atoms with Gasteiger partial charge < -0.3 is 9.29 Å². The monoisotopic (exact) mass is 153 g/mol. The van der Waals surface area contributed by atoms with Crippen molar-refractivity contribution in [2.24, 2.45) is 0 Å². The lowest BCUT2D eigenvalue weighted by Gasteiger charge is -2.04. The van der Waals surface area contributed by atoms with Crippen LogP contribution in [0.15, 0.2) is 0 Å². The molecule has 9 heavy (non-hydrogen) atoms. The molecule has 0 aromatic rings. The van der Waals surface area contributed by atoms with E-state index in [0.717, 1.165) is 0 Å². The van der Waals surface area contributed by atoms with Crippen LogP contribution in [0.5, 0.6) is 0 Å². The fourth-order valence-electron chi connectivity index (χ4n) is 0.305. The topological polar surface area (TPSA) is 58.6 Å². The summed E-state index contributed by atoms with van der Waals surface area (Å²) in [4.78, 5) is 0. The predicted octanol–water partition coefficient (Wildman–Crippen LogP) is -0.166. The van der Waals surface area contributed by atoms with E-state index in [1.165, 1.54) is 0 Å². The summed E-state index contributed by atoms with van der Waals surface area (Å²) in [6.07, 6.45) is 0. The summed E-state index contributed by atoms with van der Waals surface area (Å²) < 4.78 is 28.3. The second kappa shape index (κ2) is 6.15. The van der Waals surface area contributed by atoms with Gasteiger partial charge in [-0.1, -0.05) is 0 Å². The average Bonchev–Trinajstić information content (AvgIpc) is 1.80. The molecule has 0 radical (unpaired) electrons. The highest BCUT2D eigenvalue weighted by molar-refractivity contribution is 7.74. The van der Waals surface area contributed by atoms with Crippen LogP contribution in [0.2, 0.25) is 0 Å². The Morgan fingerprint density at radius 3 is 2.67 bits per heavy atom. The first-order valence-corrected chi connectivity index (χ1v) is 3.57. The molecule has 0 aromatic heterocycles. The van der Waals surface area contributed by atoms with Gasteiger partial charge in [-0.25, -0.2) is 4.21 Å². The van der Waals surface area contributed by atoms with E-state index in [1.54, 1.807) is 0 Å². The third kappa shape index (κ3) is 8.03. The van der Waals surface area contributed by atoms with Gasteiger partial charge in [0, 0.05) is 6.61 Å². The number of rotatable bonds is 5. The van der Waals surface area contributed by atoms with Gasteiger partial charge in [0.2, 0.25) is 0 Å². The number of hydrogen-bond acceptors (Lipinski definition) is 4. The molecule has 1 unspecified atom stereocenters. The largest absolute Gasteiger partial charge is 0.750 e. The highest BCUT2D eigenvalue weighted by atomic mass is 32.2.